The van der Waals surface area contributed by atoms with Gasteiger partial charge in [-0.2, -0.15) is 0 Å². The second kappa shape index (κ2) is 9.19. The Morgan fingerprint density at radius 3 is 1.60 bits per heavy atom. The van der Waals surface area contributed by atoms with Gasteiger partial charge in [0.1, 0.15) is 0 Å². The normalized spacial score (nSPS) is 12.6. The van der Waals surface area contributed by atoms with Crippen molar-refractivity contribution >= 4 is 66.2 Å². The molecular weight excluding hydrogens is 503 g/mol. The van der Waals surface area contributed by atoms with E-state index in [4.69, 9.17) is 0 Å². The van der Waals surface area contributed by atoms with Gasteiger partial charge in [0.15, 0.2) is 0 Å². The molecule has 0 spiro atoms. The van der Waals surface area contributed by atoms with Crippen molar-refractivity contribution in [2.45, 2.75) is 6.42 Å². The van der Waals surface area contributed by atoms with E-state index in [0.29, 0.717) is 0 Å². The standard InChI is InChI=1S/C41H27B/c1-5-16-35-27(10-1)20-22-31-24-32-23-21-28-11-2-6-17-36(28)41(32)42(40(31)35)33-14-9-13-29(25-33)39-26-30-12-3-4-15-34(30)37-18-7-8-19-38(37)39/h1-23,25-26H,24H2. The van der Waals surface area contributed by atoms with Gasteiger partial charge in [-0.25, -0.2) is 0 Å². The molecule has 0 saturated carbocycles. The van der Waals surface area contributed by atoms with Crippen LogP contribution in [-0.2, 0) is 6.42 Å². The predicted molar refractivity (Wildman–Crippen MR) is 182 cm³/mol. The molecule has 194 valence electrons. The first-order valence-corrected chi connectivity index (χ1v) is 14.9. The van der Waals surface area contributed by atoms with E-state index < -0.39 is 0 Å². The van der Waals surface area contributed by atoms with E-state index in [1.165, 1.54) is 81.7 Å². The van der Waals surface area contributed by atoms with E-state index >= 15 is 0 Å². The van der Waals surface area contributed by atoms with Gasteiger partial charge in [0.2, 0.25) is 6.71 Å². The van der Waals surface area contributed by atoms with E-state index in [1.54, 1.807) is 0 Å². The molecule has 0 amide bonds. The van der Waals surface area contributed by atoms with E-state index in [2.05, 4.69) is 152 Å². The fraction of sp³-hybridized carbons (Fsp3) is 0.0244. The lowest BCUT2D eigenvalue weighted by Gasteiger charge is -2.30. The summed E-state index contributed by atoms with van der Waals surface area (Å²) in [4.78, 5) is 0. The predicted octanol–water partition coefficient (Wildman–Crippen LogP) is 8.39. The summed E-state index contributed by atoms with van der Waals surface area (Å²) >= 11 is 0. The van der Waals surface area contributed by atoms with Crippen LogP contribution in [0.25, 0.3) is 54.2 Å². The molecule has 0 nitrogen and oxygen atoms in total. The summed E-state index contributed by atoms with van der Waals surface area (Å²) in [6, 6.07) is 56.5. The Labute approximate surface area is 246 Å². The Kier molecular flexibility index (Phi) is 5.16. The van der Waals surface area contributed by atoms with Gasteiger partial charge >= 0.3 is 0 Å². The monoisotopic (exact) mass is 530 g/mol. The third kappa shape index (κ3) is 3.50. The van der Waals surface area contributed by atoms with Crippen molar-refractivity contribution in [3.63, 3.8) is 0 Å². The molecule has 9 rings (SSSR count). The SMILES string of the molecule is c1cc(B2c3c(ccc4ccccc34)Cc3ccc4ccccc4c32)cc(-c2cc3ccccc3c3ccccc23)c1. The Morgan fingerprint density at radius 1 is 0.381 bits per heavy atom. The maximum atomic E-state index is 2.46. The molecule has 0 aliphatic carbocycles. The highest BCUT2D eigenvalue weighted by Crippen LogP contribution is 2.35. The largest absolute Gasteiger partial charge is 0.243 e. The van der Waals surface area contributed by atoms with Crippen LogP contribution in [0.2, 0.25) is 0 Å². The van der Waals surface area contributed by atoms with Crippen molar-refractivity contribution in [3.05, 3.63) is 163 Å². The topological polar surface area (TPSA) is 0 Å². The van der Waals surface area contributed by atoms with Crippen LogP contribution in [0.1, 0.15) is 11.1 Å². The molecular formula is C41H27B. The third-order valence-corrected chi connectivity index (χ3v) is 9.38. The first-order valence-electron chi connectivity index (χ1n) is 14.9. The number of fused-ring (bicyclic) bond motifs is 9. The van der Waals surface area contributed by atoms with E-state index in [0.717, 1.165) is 6.42 Å². The summed E-state index contributed by atoms with van der Waals surface area (Å²) in [5.74, 6) is 0. The zero-order valence-corrected chi connectivity index (χ0v) is 23.2. The van der Waals surface area contributed by atoms with Crippen LogP contribution < -0.4 is 16.4 Å². The number of benzene rings is 8. The molecule has 0 saturated heterocycles. The van der Waals surface area contributed by atoms with Gasteiger partial charge in [0.05, 0.1) is 0 Å². The lowest BCUT2D eigenvalue weighted by atomic mass is 9.32. The van der Waals surface area contributed by atoms with Crippen molar-refractivity contribution in [1.29, 1.82) is 0 Å². The first-order chi connectivity index (χ1) is 20.8. The first kappa shape index (κ1) is 23.6. The van der Waals surface area contributed by atoms with E-state index in [9.17, 15) is 0 Å². The summed E-state index contributed by atoms with van der Waals surface area (Å²) < 4.78 is 0. The second-order valence-corrected chi connectivity index (χ2v) is 11.6. The molecule has 0 fully saturated rings. The van der Waals surface area contributed by atoms with Crippen LogP contribution >= 0.6 is 0 Å². The Hall–Kier alpha value is -5.14. The van der Waals surface area contributed by atoms with Crippen molar-refractivity contribution in [3.8, 4) is 11.1 Å². The number of hydrogen-bond acceptors (Lipinski definition) is 0. The Bertz CT molecular complexity index is 2260. The maximum absolute atomic E-state index is 2.46. The smallest absolute Gasteiger partial charge is 0.0680 e. The zero-order chi connectivity index (χ0) is 27.6. The molecule has 1 aliphatic heterocycles. The van der Waals surface area contributed by atoms with Crippen LogP contribution in [0.4, 0.5) is 0 Å². The minimum absolute atomic E-state index is 0.146. The highest BCUT2D eigenvalue weighted by atomic mass is 14.2. The Balaban J connectivity index is 1.35. The van der Waals surface area contributed by atoms with Crippen molar-refractivity contribution < 1.29 is 0 Å². The summed E-state index contributed by atoms with van der Waals surface area (Å²) in [6.45, 7) is 0.146. The fourth-order valence-corrected chi connectivity index (χ4v) is 7.53. The van der Waals surface area contributed by atoms with Crippen LogP contribution in [0.3, 0.4) is 0 Å². The minimum atomic E-state index is 0.146. The number of hydrogen-bond donors (Lipinski definition) is 0. The Morgan fingerprint density at radius 2 is 0.929 bits per heavy atom. The van der Waals surface area contributed by atoms with Crippen LogP contribution in [0, 0.1) is 0 Å². The summed E-state index contributed by atoms with van der Waals surface area (Å²) in [7, 11) is 0. The molecule has 8 aromatic rings. The van der Waals surface area contributed by atoms with Crippen molar-refractivity contribution in [1.82, 2.24) is 0 Å². The third-order valence-electron chi connectivity index (χ3n) is 9.38. The highest BCUT2D eigenvalue weighted by Gasteiger charge is 2.33. The average molecular weight is 530 g/mol. The van der Waals surface area contributed by atoms with Gasteiger partial charge in [-0.1, -0.05) is 162 Å². The zero-order valence-electron chi connectivity index (χ0n) is 23.2. The molecule has 42 heavy (non-hydrogen) atoms. The van der Waals surface area contributed by atoms with E-state index in [1.807, 2.05) is 0 Å². The molecule has 0 radical (unpaired) electrons. The molecule has 0 N–H and O–H groups in total. The van der Waals surface area contributed by atoms with Gasteiger partial charge < -0.3 is 0 Å². The van der Waals surface area contributed by atoms with E-state index in [-0.39, 0.29) is 6.71 Å². The van der Waals surface area contributed by atoms with Crippen molar-refractivity contribution in [2.75, 3.05) is 0 Å². The van der Waals surface area contributed by atoms with Gasteiger partial charge in [0, 0.05) is 0 Å². The van der Waals surface area contributed by atoms with Crippen LogP contribution in [-0.4, -0.2) is 6.71 Å². The summed E-state index contributed by atoms with van der Waals surface area (Å²) in [5, 5.41) is 10.5. The van der Waals surface area contributed by atoms with Crippen molar-refractivity contribution in [2.24, 2.45) is 0 Å². The molecule has 0 atom stereocenters. The maximum Gasteiger partial charge on any atom is 0.243 e. The average Bonchev–Trinajstić information content (AvgIpc) is 3.06. The highest BCUT2D eigenvalue weighted by molar-refractivity contribution is 6.99. The quantitative estimate of drug-likeness (QED) is 0.156. The minimum Gasteiger partial charge on any atom is -0.0680 e. The molecule has 0 unspecified atom stereocenters. The van der Waals surface area contributed by atoms with Gasteiger partial charge in [-0.05, 0) is 77.8 Å². The molecule has 8 aromatic carbocycles. The van der Waals surface area contributed by atoms with Gasteiger partial charge in [-0.3, -0.25) is 0 Å². The molecule has 1 aliphatic rings. The lowest BCUT2D eigenvalue weighted by molar-refractivity contribution is 1.22. The van der Waals surface area contributed by atoms with Crippen LogP contribution in [0.5, 0.6) is 0 Å². The van der Waals surface area contributed by atoms with Gasteiger partial charge in [0.25, 0.3) is 0 Å². The number of rotatable bonds is 2. The molecule has 1 heteroatoms. The van der Waals surface area contributed by atoms with Crippen LogP contribution in [0.15, 0.2) is 152 Å². The molecule has 1 heterocycles. The second-order valence-electron chi connectivity index (χ2n) is 11.6. The molecule has 0 bridgehead atoms. The fourth-order valence-electron chi connectivity index (χ4n) is 7.53. The lowest BCUT2D eigenvalue weighted by Crippen LogP contribution is -2.57. The van der Waals surface area contributed by atoms with Gasteiger partial charge in [-0.15, -0.1) is 0 Å². The summed E-state index contributed by atoms with van der Waals surface area (Å²) in [5.41, 5.74) is 9.68. The molecule has 0 aromatic heterocycles. The summed E-state index contributed by atoms with van der Waals surface area (Å²) in [6.07, 6.45) is 0.964.